The van der Waals surface area contributed by atoms with Gasteiger partial charge in [0.1, 0.15) is 0 Å². The van der Waals surface area contributed by atoms with Crippen LogP contribution in [-0.2, 0) is 4.65 Å². The fourth-order valence-corrected chi connectivity index (χ4v) is 2.20. The molecule has 16 heavy (non-hydrogen) atoms. The predicted molar refractivity (Wildman–Crippen MR) is 68.3 cm³/mol. The van der Waals surface area contributed by atoms with Gasteiger partial charge in [0.2, 0.25) is 0 Å². The Kier molecular flexibility index (Phi) is 4.02. The van der Waals surface area contributed by atoms with Crippen molar-refractivity contribution in [3.8, 4) is 0 Å². The second kappa shape index (κ2) is 5.51. The Morgan fingerprint density at radius 3 is 2.81 bits per heavy atom. The van der Waals surface area contributed by atoms with Crippen LogP contribution >= 0.6 is 0 Å². The molecule has 0 radical (unpaired) electrons. The first kappa shape index (κ1) is 11.7. The number of hydrogen-bond donors (Lipinski definition) is 1. The van der Waals surface area contributed by atoms with E-state index in [1.165, 1.54) is 5.56 Å². The molecule has 0 spiro atoms. The maximum atomic E-state index is 5.73. The summed E-state index contributed by atoms with van der Waals surface area (Å²) in [6.07, 6.45) is 2.15. The van der Waals surface area contributed by atoms with E-state index in [0.29, 0.717) is 12.0 Å². The van der Waals surface area contributed by atoms with E-state index in [-0.39, 0.29) is 7.05 Å². The summed E-state index contributed by atoms with van der Waals surface area (Å²) >= 11 is 0. The highest BCUT2D eigenvalue weighted by Gasteiger charge is 2.27. The first-order chi connectivity index (χ1) is 7.75. The number of benzene rings is 1. The van der Waals surface area contributed by atoms with Crippen molar-refractivity contribution in [3.63, 3.8) is 0 Å². The number of rotatable bonds is 3. The third-order valence-corrected chi connectivity index (χ3v) is 3.00. The Morgan fingerprint density at radius 2 is 2.12 bits per heavy atom. The van der Waals surface area contributed by atoms with E-state index >= 15 is 0 Å². The molecule has 1 unspecified atom stereocenters. The summed E-state index contributed by atoms with van der Waals surface area (Å²) in [5.41, 5.74) is 1.37. The van der Waals surface area contributed by atoms with Crippen molar-refractivity contribution in [2.24, 2.45) is 5.92 Å². The monoisotopic (exact) mass is 217 g/mol. The van der Waals surface area contributed by atoms with Crippen molar-refractivity contribution in [1.29, 1.82) is 0 Å². The molecule has 2 rings (SSSR count). The molecule has 0 aromatic heterocycles. The highest BCUT2D eigenvalue weighted by atomic mass is 16.4. The lowest BCUT2D eigenvalue weighted by Gasteiger charge is -2.30. The summed E-state index contributed by atoms with van der Waals surface area (Å²) in [6.45, 7) is 5.33. The minimum atomic E-state index is 0.221. The Balaban J connectivity index is 1.97. The van der Waals surface area contributed by atoms with Gasteiger partial charge in [-0.1, -0.05) is 44.2 Å². The second-order valence-corrected chi connectivity index (χ2v) is 4.91. The van der Waals surface area contributed by atoms with Gasteiger partial charge < -0.3 is 9.88 Å². The van der Waals surface area contributed by atoms with Gasteiger partial charge >= 0.3 is 7.05 Å². The van der Waals surface area contributed by atoms with Crippen LogP contribution in [0.1, 0.15) is 31.9 Å². The van der Waals surface area contributed by atoms with Crippen LogP contribution in [0.5, 0.6) is 0 Å². The largest absolute Gasteiger partial charge is 0.421 e. The third kappa shape index (κ3) is 3.10. The van der Waals surface area contributed by atoms with E-state index < -0.39 is 0 Å². The van der Waals surface area contributed by atoms with E-state index in [4.69, 9.17) is 4.65 Å². The summed E-state index contributed by atoms with van der Waals surface area (Å²) in [5.74, 6) is 0.673. The summed E-state index contributed by atoms with van der Waals surface area (Å²) in [5, 5.41) is 3.58. The normalized spacial score (nSPS) is 21.4. The smallest absolute Gasteiger partial charge is 0.380 e. The van der Waals surface area contributed by atoms with Gasteiger partial charge in [-0.3, -0.25) is 0 Å². The molecular weight excluding hydrogens is 197 g/mol. The Hall–Kier alpha value is -0.795. The fraction of sp³-hybridized carbons (Fsp3) is 0.538. The molecule has 1 saturated heterocycles. The summed E-state index contributed by atoms with van der Waals surface area (Å²) in [6, 6.07) is 11.1. The molecular formula is C13H20BNO. The molecule has 0 amide bonds. The van der Waals surface area contributed by atoms with Crippen LogP contribution in [0, 0.1) is 5.92 Å². The van der Waals surface area contributed by atoms with Gasteiger partial charge in [-0.25, -0.2) is 0 Å². The van der Waals surface area contributed by atoms with E-state index in [9.17, 15) is 0 Å². The Labute approximate surface area is 98.5 Å². The van der Waals surface area contributed by atoms with Gasteiger partial charge in [-0.2, -0.15) is 0 Å². The highest BCUT2D eigenvalue weighted by molar-refractivity contribution is 6.49. The molecule has 1 N–H and O–H groups in total. The minimum Gasteiger partial charge on any atom is -0.421 e. The van der Waals surface area contributed by atoms with E-state index in [0.717, 1.165) is 19.3 Å². The Morgan fingerprint density at radius 1 is 1.38 bits per heavy atom. The zero-order valence-electron chi connectivity index (χ0n) is 10.1. The first-order valence-corrected chi connectivity index (χ1v) is 6.18. The zero-order valence-corrected chi connectivity index (χ0v) is 10.1. The topological polar surface area (TPSA) is 21.3 Å². The molecule has 2 nitrogen and oxygen atoms in total. The van der Waals surface area contributed by atoms with Crippen molar-refractivity contribution in [2.75, 3.05) is 6.61 Å². The fourth-order valence-electron chi connectivity index (χ4n) is 2.20. The van der Waals surface area contributed by atoms with Gasteiger partial charge in [0, 0.05) is 12.6 Å². The summed E-state index contributed by atoms with van der Waals surface area (Å²) < 4.78 is 5.73. The predicted octanol–water partition coefficient (Wildman–Crippen LogP) is 2.88. The quantitative estimate of drug-likeness (QED) is 0.786. The SMILES string of the molecule is CC(C)CB1NC(c2ccccc2)CCO1. The standard InChI is InChI=1S/C13H20BNO/c1-11(2)10-14-15-13(8-9-16-14)12-6-4-3-5-7-12/h3-7,11,13,15H,8-10H2,1-2H3. The molecule has 0 bridgehead atoms. The molecule has 1 atom stereocenters. The maximum absolute atomic E-state index is 5.73. The molecule has 0 aliphatic carbocycles. The van der Waals surface area contributed by atoms with Gasteiger partial charge in [0.05, 0.1) is 0 Å². The Bertz CT molecular complexity index is 315. The van der Waals surface area contributed by atoms with Crippen molar-refractivity contribution in [2.45, 2.75) is 32.6 Å². The van der Waals surface area contributed by atoms with Gasteiger partial charge in [0.15, 0.2) is 0 Å². The van der Waals surface area contributed by atoms with Crippen LogP contribution in [0.25, 0.3) is 0 Å². The van der Waals surface area contributed by atoms with Gasteiger partial charge in [-0.15, -0.1) is 0 Å². The molecule has 1 aromatic carbocycles. The van der Waals surface area contributed by atoms with Crippen LogP contribution in [0.3, 0.4) is 0 Å². The molecule has 3 heteroatoms. The molecule has 1 aromatic rings. The molecule has 1 fully saturated rings. The number of hydrogen-bond acceptors (Lipinski definition) is 2. The minimum absolute atomic E-state index is 0.221. The summed E-state index contributed by atoms with van der Waals surface area (Å²) in [4.78, 5) is 0. The molecule has 86 valence electrons. The molecule has 1 aliphatic heterocycles. The van der Waals surface area contributed by atoms with E-state index in [1.807, 2.05) is 0 Å². The first-order valence-electron chi connectivity index (χ1n) is 6.18. The van der Waals surface area contributed by atoms with Crippen molar-refractivity contribution >= 4 is 7.05 Å². The van der Waals surface area contributed by atoms with Crippen molar-refractivity contribution in [3.05, 3.63) is 35.9 Å². The number of nitrogens with one attached hydrogen (secondary N) is 1. The third-order valence-electron chi connectivity index (χ3n) is 3.00. The zero-order chi connectivity index (χ0) is 11.4. The lowest BCUT2D eigenvalue weighted by atomic mass is 9.71. The van der Waals surface area contributed by atoms with E-state index in [2.05, 4.69) is 49.4 Å². The average molecular weight is 217 g/mol. The lowest BCUT2D eigenvalue weighted by molar-refractivity contribution is 0.246. The summed E-state index contributed by atoms with van der Waals surface area (Å²) in [7, 11) is 0.221. The van der Waals surface area contributed by atoms with Crippen molar-refractivity contribution in [1.82, 2.24) is 5.23 Å². The van der Waals surface area contributed by atoms with Crippen LogP contribution in [0.15, 0.2) is 30.3 Å². The van der Waals surface area contributed by atoms with Crippen LogP contribution in [0.2, 0.25) is 6.32 Å². The van der Waals surface area contributed by atoms with Crippen molar-refractivity contribution < 1.29 is 4.65 Å². The maximum Gasteiger partial charge on any atom is 0.380 e. The lowest BCUT2D eigenvalue weighted by Crippen LogP contribution is -2.45. The van der Waals surface area contributed by atoms with Crippen LogP contribution in [0.4, 0.5) is 0 Å². The second-order valence-electron chi connectivity index (χ2n) is 4.91. The molecule has 0 saturated carbocycles. The highest BCUT2D eigenvalue weighted by Crippen LogP contribution is 2.22. The van der Waals surface area contributed by atoms with Crippen LogP contribution in [-0.4, -0.2) is 13.7 Å². The molecule has 1 heterocycles. The van der Waals surface area contributed by atoms with Crippen LogP contribution < -0.4 is 5.23 Å². The molecule has 1 aliphatic rings. The average Bonchev–Trinajstić information content (AvgIpc) is 2.30. The van der Waals surface area contributed by atoms with Gasteiger partial charge in [-0.05, 0) is 24.2 Å². The van der Waals surface area contributed by atoms with E-state index in [1.54, 1.807) is 0 Å². The van der Waals surface area contributed by atoms with Gasteiger partial charge in [0.25, 0.3) is 0 Å².